The van der Waals surface area contributed by atoms with Crippen molar-refractivity contribution in [3.8, 4) is 5.75 Å². The summed E-state index contributed by atoms with van der Waals surface area (Å²) in [5.74, 6) is 0.829. The Morgan fingerprint density at radius 3 is 2.44 bits per heavy atom. The Morgan fingerprint density at radius 2 is 1.78 bits per heavy atom. The van der Waals surface area contributed by atoms with Gasteiger partial charge in [-0.1, -0.05) is 40.2 Å². The van der Waals surface area contributed by atoms with Crippen LogP contribution < -0.4 is 4.74 Å². The van der Waals surface area contributed by atoms with E-state index in [-0.39, 0.29) is 6.79 Å². The van der Waals surface area contributed by atoms with Crippen LogP contribution in [0.25, 0.3) is 0 Å². The molecule has 2 aromatic carbocycles. The molecule has 0 aromatic heterocycles. The molecule has 0 fully saturated rings. The van der Waals surface area contributed by atoms with Crippen molar-refractivity contribution in [2.45, 2.75) is 6.42 Å². The molecule has 0 radical (unpaired) electrons. The molecule has 2 rings (SSSR count). The van der Waals surface area contributed by atoms with Crippen molar-refractivity contribution >= 4 is 15.9 Å². The molecular weight excluding hydrogens is 292 g/mol. The molecule has 2 nitrogen and oxygen atoms in total. The Labute approximate surface area is 116 Å². The number of hydrogen-bond donors (Lipinski definition) is 0. The second kappa shape index (κ2) is 6.57. The molecule has 0 saturated carbocycles. The highest BCUT2D eigenvalue weighted by Gasteiger charge is 1.98. The monoisotopic (exact) mass is 306 g/mol. The van der Waals surface area contributed by atoms with Gasteiger partial charge in [0.2, 0.25) is 0 Å². The number of methoxy groups -OCH3 is 1. The smallest absolute Gasteiger partial charge is 0.188 e. The molecule has 2 aromatic rings. The van der Waals surface area contributed by atoms with Crippen molar-refractivity contribution in [3.05, 3.63) is 64.1 Å². The fourth-order valence-corrected chi connectivity index (χ4v) is 2.16. The quantitative estimate of drug-likeness (QED) is 0.777. The van der Waals surface area contributed by atoms with Crippen molar-refractivity contribution in [1.82, 2.24) is 0 Å². The van der Waals surface area contributed by atoms with Gasteiger partial charge in [0.25, 0.3) is 0 Å². The first-order valence-electron chi connectivity index (χ1n) is 5.73. The predicted octanol–water partition coefficient (Wildman–Crippen LogP) is 4.02. The summed E-state index contributed by atoms with van der Waals surface area (Å²) in [4.78, 5) is 0. The first-order chi connectivity index (χ1) is 8.78. The number of ether oxygens (including phenoxy) is 2. The van der Waals surface area contributed by atoms with Crippen LogP contribution in [0.3, 0.4) is 0 Å². The average molecular weight is 307 g/mol. The molecule has 0 unspecified atom stereocenters. The van der Waals surface area contributed by atoms with Gasteiger partial charge in [-0.3, -0.25) is 0 Å². The van der Waals surface area contributed by atoms with Crippen molar-refractivity contribution in [1.29, 1.82) is 0 Å². The molecule has 0 bridgehead atoms. The van der Waals surface area contributed by atoms with E-state index in [4.69, 9.17) is 9.47 Å². The maximum absolute atomic E-state index is 5.35. The molecule has 0 aliphatic carbocycles. The molecular formula is C15H15BrO2. The summed E-state index contributed by atoms with van der Waals surface area (Å²) in [6, 6.07) is 16.4. The lowest BCUT2D eigenvalue weighted by Crippen LogP contribution is -1.98. The van der Waals surface area contributed by atoms with Gasteiger partial charge in [-0.05, 0) is 41.8 Å². The Hall–Kier alpha value is -1.32. The van der Waals surface area contributed by atoms with Crippen LogP contribution >= 0.6 is 15.9 Å². The minimum Gasteiger partial charge on any atom is -0.468 e. The molecule has 3 heteroatoms. The van der Waals surface area contributed by atoms with Gasteiger partial charge in [-0.2, -0.15) is 0 Å². The Balaban J connectivity index is 2.02. The molecule has 0 spiro atoms. The fourth-order valence-electron chi connectivity index (χ4n) is 1.71. The summed E-state index contributed by atoms with van der Waals surface area (Å²) in [6.07, 6.45) is 0.921. The third-order valence-corrected chi connectivity index (χ3v) is 3.06. The van der Waals surface area contributed by atoms with E-state index >= 15 is 0 Å². The zero-order valence-electron chi connectivity index (χ0n) is 10.2. The van der Waals surface area contributed by atoms with Crippen LogP contribution in [0.15, 0.2) is 53.0 Å². The molecule has 94 valence electrons. The number of hydrogen-bond acceptors (Lipinski definition) is 2. The lowest BCUT2D eigenvalue weighted by molar-refractivity contribution is 0.0511. The number of rotatable bonds is 5. The van der Waals surface area contributed by atoms with Crippen LogP contribution in [-0.4, -0.2) is 13.9 Å². The fraction of sp³-hybridized carbons (Fsp3) is 0.200. The molecule has 0 amide bonds. The summed E-state index contributed by atoms with van der Waals surface area (Å²) in [6.45, 7) is 0.283. The standard InChI is InChI=1S/C15H15BrO2/c1-17-11-18-15-7-5-12(6-8-15)9-13-3-2-4-14(16)10-13/h2-8,10H,9,11H2,1H3. The van der Waals surface area contributed by atoms with Crippen molar-refractivity contribution < 1.29 is 9.47 Å². The van der Waals surface area contributed by atoms with Crippen LogP contribution in [-0.2, 0) is 11.2 Å². The summed E-state index contributed by atoms with van der Waals surface area (Å²) in [5.41, 5.74) is 2.55. The van der Waals surface area contributed by atoms with Gasteiger partial charge in [-0.25, -0.2) is 0 Å². The summed E-state index contributed by atoms with van der Waals surface area (Å²) in [7, 11) is 1.61. The largest absolute Gasteiger partial charge is 0.468 e. The number of benzene rings is 2. The topological polar surface area (TPSA) is 18.5 Å². The van der Waals surface area contributed by atoms with Crippen LogP contribution in [0.1, 0.15) is 11.1 Å². The van der Waals surface area contributed by atoms with E-state index in [1.54, 1.807) is 7.11 Å². The second-order valence-corrected chi connectivity index (χ2v) is 4.92. The first-order valence-corrected chi connectivity index (χ1v) is 6.52. The van der Waals surface area contributed by atoms with Gasteiger partial charge >= 0.3 is 0 Å². The van der Waals surface area contributed by atoms with Crippen LogP contribution in [0, 0.1) is 0 Å². The van der Waals surface area contributed by atoms with Crippen LogP contribution in [0.4, 0.5) is 0 Å². The second-order valence-electron chi connectivity index (χ2n) is 4.00. The molecule has 0 aliphatic rings. The summed E-state index contributed by atoms with van der Waals surface area (Å²) in [5, 5.41) is 0. The van der Waals surface area contributed by atoms with Crippen molar-refractivity contribution in [3.63, 3.8) is 0 Å². The number of halogens is 1. The highest BCUT2D eigenvalue weighted by Crippen LogP contribution is 2.17. The van der Waals surface area contributed by atoms with E-state index in [9.17, 15) is 0 Å². The average Bonchev–Trinajstić information content (AvgIpc) is 2.38. The normalized spacial score (nSPS) is 10.3. The van der Waals surface area contributed by atoms with Crippen LogP contribution in [0.5, 0.6) is 5.75 Å². The molecule has 0 N–H and O–H groups in total. The molecule has 0 aliphatic heterocycles. The molecule has 18 heavy (non-hydrogen) atoms. The van der Waals surface area contributed by atoms with E-state index in [0.717, 1.165) is 16.6 Å². The van der Waals surface area contributed by atoms with Gasteiger partial charge in [0, 0.05) is 11.6 Å². The Kier molecular flexibility index (Phi) is 4.79. The SMILES string of the molecule is COCOc1ccc(Cc2cccc(Br)c2)cc1. The van der Waals surface area contributed by atoms with E-state index in [2.05, 4.69) is 46.3 Å². The van der Waals surface area contributed by atoms with E-state index in [1.165, 1.54) is 11.1 Å². The minimum absolute atomic E-state index is 0.283. The van der Waals surface area contributed by atoms with Gasteiger partial charge in [-0.15, -0.1) is 0 Å². The van der Waals surface area contributed by atoms with E-state index < -0.39 is 0 Å². The van der Waals surface area contributed by atoms with Gasteiger partial charge in [0.1, 0.15) is 5.75 Å². The summed E-state index contributed by atoms with van der Waals surface area (Å²) < 4.78 is 11.3. The maximum atomic E-state index is 5.35. The Morgan fingerprint density at radius 1 is 1.00 bits per heavy atom. The van der Waals surface area contributed by atoms with E-state index in [0.29, 0.717) is 0 Å². The van der Waals surface area contributed by atoms with Gasteiger partial charge in [0.15, 0.2) is 6.79 Å². The van der Waals surface area contributed by atoms with E-state index in [1.807, 2.05) is 18.2 Å². The highest BCUT2D eigenvalue weighted by molar-refractivity contribution is 9.10. The molecule has 0 saturated heterocycles. The maximum Gasteiger partial charge on any atom is 0.188 e. The zero-order valence-corrected chi connectivity index (χ0v) is 11.8. The third kappa shape index (κ3) is 3.86. The van der Waals surface area contributed by atoms with Gasteiger partial charge in [0.05, 0.1) is 0 Å². The predicted molar refractivity (Wildman–Crippen MR) is 75.9 cm³/mol. The zero-order chi connectivity index (χ0) is 12.8. The highest BCUT2D eigenvalue weighted by atomic mass is 79.9. The first kappa shape index (κ1) is 13.1. The van der Waals surface area contributed by atoms with Gasteiger partial charge < -0.3 is 9.47 Å². The Bertz CT molecular complexity index is 494. The molecule has 0 heterocycles. The third-order valence-electron chi connectivity index (χ3n) is 2.56. The lowest BCUT2D eigenvalue weighted by atomic mass is 10.1. The lowest BCUT2D eigenvalue weighted by Gasteiger charge is -2.06. The van der Waals surface area contributed by atoms with Crippen molar-refractivity contribution in [2.24, 2.45) is 0 Å². The van der Waals surface area contributed by atoms with Crippen molar-refractivity contribution in [2.75, 3.05) is 13.9 Å². The minimum atomic E-state index is 0.283. The van der Waals surface area contributed by atoms with Crippen LogP contribution in [0.2, 0.25) is 0 Å². The summed E-state index contributed by atoms with van der Waals surface area (Å²) >= 11 is 3.48. The molecule has 0 atom stereocenters.